The second kappa shape index (κ2) is 7.57. The van der Waals surface area contributed by atoms with E-state index in [0.29, 0.717) is 12.0 Å². The zero-order valence-corrected chi connectivity index (χ0v) is 14.9. The fourth-order valence-corrected chi connectivity index (χ4v) is 3.61. The number of carbonyl (C=O) groups is 2. The van der Waals surface area contributed by atoms with Crippen LogP contribution in [0.4, 0.5) is 5.69 Å². The average molecular weight is 368 g/mol. The van der Waals surface area contributed by atoms with E-state index in [9.17, 15) is 24.8 Å². The van der Waals surface area contributed by atoms with Crippen LogP contribution >= 0.6 is 0 Å². The molecule has 7 nitrogen and oxygen atoms in total. The van der Waals surface area contributed by atoms with Crippen LogP contribution in [0.1, 0.15) is 34.3 Å². The van der Waals surface area contributed by atoms with Crippen LogP contribution in [-0.2, 0) is 11.2 Å². The first kappa shape index (κ1) is 18.6. The summed E-state index contributed by atoms with van der Waals surface area (Å²) in [6, 6.07) is 13.7. The Morgan fingerprint density at radius 1 is 1.19 bits per heavy atom. The summed E-state index contributed by atoms with van der Waals surface area (Å²) in [5, 5.41) is 20.8. The minimum Gasteiger partial charge on any atom is -0.481 e. The van der Waals surface area contributed by atoms with Crippen LogP contribution < -0.4 is 0 Å². The molecule has 1 aliphatic heterocycles. The molecule has 1 aliphatic rings. The minimum absolute atomic E-state index is 0.0804. The number of hydrogen-bond donors (Lipinski definition) is 1. The number of amides is 1. The smallest absolute Gasteiger partial charge is 0.308 e. The Bertz CT molecular complexity index is 881. The molecule has 0 aliphatic carbocycles. The number of carboxylic acid groups (broad SMARTS) is 1. The Balaban J connectivity index is 1.88. The fourth-order valence-electron chi connectivity index (χ4n) is 3.61. The van der Waals surface area contributed by atoms with Gasteiger partial charge in [-0.2, -0.15) is 0 Å². The van der Waals surface area contributed by atoms with Crippen molar-refractivity contribution in [2.24, 2.45) is 5.92 Å². The number of rotatable bonds is 5. The van der Waals surface area contributed by atoms with Crippen molar-refractivity contribution < 1.29 is 19.6 Å². The van der Waals surface area contributed by atoms with E-state index in [4.69, 9.17) is 0 Å². The summed E-state index contributed by atoms with van der Waals surface area (Å²) >= 11 is 0. The molecule has 1 heterocycles. The van der Waals surface area contributed by atoms with Crippen molar-refractivity contribution in [3.63, 3.8) is 0 Å². The summed E-state index contributed by atoms with van der Waals surface area (Å²) in [4.78, 5) is 36.8. The maximum atomic E-state index is 12.9. The Morgan fingerprint density at radius 2 is 1.89 bits per heavy atom. The molecule has 0 radical (unpaired) electrons. The molecule has 0 bridgehead atoms. The summed E-state index contributed by atoms with van der Waals surface area (Å²) in [5.41, 5.74) is 1.55. The molecule has 2 atom stereocenters. The van der Waals surface area contributed by atoms with E-state index >= 15 is 0 Å². The van der Waals surface area contributed by atoms with E-state index in [1.54, 1.807) is 12.1 Å². The Labute approximate surface area is 156 Å². The lowest BCUT2D eigenvalue weighted by Gasteiger charge is -2.17. The zero-order chi connectivity index (χ0) is 19.6. The summed E-state index contributed by atoms with van der Waals surface area (Å²) in [6.07, 6.45) is 0.492. The first-order valence-corrected chi connectivity index (χ1v) is 8.76. The molecule has 3 rings (SSSR count). The van der Waals surface area contributed by atoms with Crippen LogP contribution in [0.3, 0.4) is 0 Å². The molecule has 1 amide bonds. The van der Waals surface area contributed by atoms with Gasteiger partial charge in [0.05, 0.1) is 10.8 Å². The van der Waals surface area contributed by atoms with Crippen LogP contribution in [0.5, 0.6) is 0 Å². The van der Waals surface area contributed by atoms with Gasteiger partial charge < -0.3 is 10.0 Å². The van der Waals surface area contributed by atoms with E-state index in [-0.39, 0.29) is 36.2 Å². The third-order valence-corrected chi connectivity index (χ3v) is 5.06. The molecule has 0 aromatic heterocycles. The highest BCUT2D eigenvalue weighted by Crippen LogP contribution is 2.34. The SMILES string of the molecule is CCc1ccc(C(=O)N2C[C@H](C(=O)O)[C@H](c3ccccc3)C2)cc1[N+](=O)[O-]. The van der Waals surface area contributed by atoms with E-state index in [2.05, 4.69) is 0 Å². The number of nitrogens with zero attached hydrogens (tertiary/aromatic N) is 2. The second-order valence-corrected chi connectivity index (χ2v) is 6.63. The monoisotopic (exact) mass is 368 g/mol. The van der Waals surface area contributed by atoms with Gasteiger partial charge in [-0.25, -0.2) is 0 Å². The number of hydrogen-bond acceptors (Lipinski definition) is 4. The molecule has 1 saturated heterocycles. The van der Waals surface area contributed by atoms with E-state index in [0.717, 1.165) is 5.56 Å². The van der Waals surface area contributed by atoms with Crippen molar-refractivity contribution in [2.75, 3.05) is 13.1 Å². The van der Waals surface area contributed by atoms with Gasteiger partial charge in [-0.3, -0.25) is 19.7 Å². The number of carbonyl (C=O) groups excluding carboxylic acids is 1. The number of aliphatic carboxylic acids is 1. The Morgan fingerprint density at radius 3 is 2.48 bits per heavy atom. The standard InChI is InChI=1S/C20H20N2O5/c1-2-13-8-9-15(10-18(13)22(26)27)19(23)21-11-16(17(12-21)20(24)25)14-6-4-3-5-7-14/h3-10,16-17H,2,11-12H2,1H3,(H,24,25)/t16-,17-/m0/s1. The number of likely N-dealkylation sites (tertiary alicyclic amines) is 1. The van der Waals surface area contributed by atoms with Gasteiger partial charge in [0, 0.05) is 36.2 Å². The predicted molar refractivity (Wildman–Crippen MR) is 98.7 cm³/mol. The number of carboxylic acids is 1. The summed E-state index contributed by atoms with van der Waals surface area (Å²) in [7, 11) is 0. The molecule has 0 saturated carbocycles. The molecule has 2 aromatic carbocycles. The molecular weight excluding hydrogens is 348 g/mol. The Kier molecular flexibility index (Phi) is 5.21. The molecular formula is C20H20N2O5. The maximum Gasteiger partial charge on any atom is 0.308 e. The maximum absolute atomic E-state index is 12.9. The van der Waals surface area contributed by atoms with E-state index in [1.165, 1.54) is 11.0 Å². The van der Waals surface area contributed by atoms with Gasteiger partial charge in [-0.15, -0.1) is 0 Å². The molecule has 0 spiro atoms. The first-order valence-electron chi connectivity index (χ1n) is 8.76. The van der Waals surface area contributed by atoms with Gasteiger partial charge in [0.15, 0.2) is 0 Å². The van der Waals surface area contributed by atoms with E-state index < -0.39 is 16.8 Å². The quantitative estimate of drug-likeness (QED) is 0.645. The molecule has 27 heavy (non-hydrogen) atoms. The highest BCUT2D eigenvalue weighted by molar-refractivity contribution is 5.95. The number of aryl methyl sites for hydroxylation is 1. The molecule has 1 fully saturated rings. The molecule has 140 valence electrons. The van der Waals surface area contributed by atoms with Crippen LogP contribution in [-0.4, -0.2) is 39.9 Å². The Hall–Kier alpha value is -3.22. The van der Waals surface area contributed by atoms with Gasteiger partial charge in [0.25, 0.3) is 11.6 Å². The fraction of sp³-hybridized carbons (Fsp3) is 0.300. The molecule has 0 unspecified atom stereocenters. The summed E-state index contributed by atoms with van der Waals surface area (Å²) < 4.78 is 0. The molecule has 1 N–H and O–H groups in total. The molecule has 2 aromatic rings. The van der Waals surface area contributed by atoms with Crippen LogP contribution in [0, 0.1) is 16.0 Å². The lowest BCUT2D eigenvalue weighted by molar-refractivity contribution is -0.385. The number of nitro groups is 1. The van der Waals surface area contributed by atoms with Gasteiger partial charge >= 0.3 is 5.97 Å². The van der Waals surface area contributed by atoms with Crippen molar-refractivity contribution in [3.8, 4) is 0 Å². The highest BCUT2D eigenvalue weighted by atomic mass is 16.6. The third kappa shape index (κ3) is 3.67. The summed E-state index contributed by atoms with van der Waals surface area (Å²) in [5.74, 6) is -2.35. The zero-order valence-electron chi connectivity index (χ0n) is 14.9. The van der Waals surface area contributed by atoms with Gasteiger partial charge in [0.1, 0.15) is 0 Å². The van der Waals surface area contributed by atoms with Crippen LogP contribution in [0.2, 0.25) is 0 Å². The highest BCUT2D eigenvalue weighted by Gasteiger charge is 2.40. The first-order chi connectivity index (χ1) is 12.9. The average Bonchev–Trinajstić information content (AvgIpc) is 3.13. The van der Waals surface area contributed by atoms with Crippen molar-refractivity contribution in [1.29, 1.82) is 0 Å². The van der Waals surface area contributed by atoms with Crippen molar-refractivity contribution in [1.82, 2.24) is 4.90 Å². The normalized spacial score (nSPS) is 19.1. The van der Waals surface area contributed by atoms with Gasteiger partial charge in [-0.05, 0) is 18.1 Å². The number of benzene rings is 2. The minimum atomic E-state index is -0.952. The van der Waals surface area contributed by atoms with Crippen LogP contribution in [0.25, 0.3) is 0 Å². The third-order valence-electron chi connectivity index (χ3n) is 5.06. The van der Waals surface area contributed by atoms with Gasteiger partial charge in [-0.1, -0.05) is 43.3 Å². The largest absolute Gasteiger partial charge is 0.481 e. The van der Waals surface area contributed by atoms with E-state index in [1.807, 2.05) is 37.3 Å². The van der Waals surface area contributed by atoms with Gasteiger partial charge in [0.2, 0.25) is 0 Å². The van der Waals surface area contributed by atoms with Crippen molar-refractivity contribution >= 4 is 17.6 Å². The second-order valence-electron chi connectivity index (χ2n) is 6.63. The van der Waals surface area contributed by atoms with Crippen molar-refractivity contribution in [2.45, 2.75) is 19.3 Å². The predicted octanol–water partition coefficient (Wildman–Crippen LogP) is 3.10. The number of nitro benzene ring substituents is 1. The van der Waals surface area contributed by atoms with Crippen molar-refractivity contribution in [3.05, 3.63) is 75.3 Å². The summed E-state index contributed by atoms with van der Waals surface area (Å²) in [6.45, 7) is 2.16. The lowest BCUT2D eigenvalue weighted by atomic mass is 9.89. The van der Waals surface area contributed by atoms with Crippen LogP contribution in [0.15, 0.2) is 48.5 Å². The lowest BCUT2D eigenvalue weighted by Crippen LogP contribution is -2.30. The molecule has 7 heteroatoms. The topological polar surface area (TPSA) is 101 Å².